The van der Waals surface area contributed by atoms with E-state index in [2.05, 4.69) is 10.3 Å². The zero-order valence-corrected chi connectivity index (χ0v) is 11.3. The highest BCUT2D eigenvalue weighted by atomic mass is 19.1. The van der Waals surface area contributed by atoms with Gasteiger partial charge in [-0.3, -0.25) is 0 Å². The average Bonchev–Trinajstić information content (AvgIpc) is 2.36. The van der Waals surface area contributed by atoms with Crippen LogP contribution in [0.3, 0.4) is 0 Å². The second-order valence-electron chi connectivity index (χ2n) is 4.44. The number of nitrogens with one attached hydrogen (secondary N) is 1. The highest BCUT2D eigenvalue weighted by Crippen LogP contribution is 2.24. The summed E-state index contributed by atoms with van der Waals surface area (Å²) in [5.74, 6) is 0.875. The van der Waals surface area contributed by atoms with E-state index in [1.165, 1.54) is 12.1 Å². The maximum atomic E-state index is 13.0. The summed E-state index contributed by atoms with van der Waals surface area (Å²) in [7, 11) is 1.89. The Morgan fingerprint density at radius 2 is 2.00 bits per heavy atom. The normalized spacial score (nSPS) is 10.5. The molecule has 1 heterocycles. The molecule has 1 aromatic heterocycles. The van der Waals surface area contributed by atoms with Crippen LogP contribution in [0.4, 0.5) is 4.39 Å². The molecular weight excluding hydrogens is 243 g/mol. The Kier molecular flexibility index (Phi) is 4.12. The van der Waals surface area contributed by atoms with E-state index in [1.807, 2.05) is 26.1 Å². The van der Waals surface area contributed by atoms with Gasteiger partial charge >= 0.3 is 0 Å². The van der Waals surface area contributed by atoms with Crippen molar-refractivity contribution in [1.29, 1.82) is 0 Å². The first-order chi connectivity index (χ1) is 9.10. The summed E-state index contributed by atoms with van der Waals surface area (Å²) < 4.78 is 18.7. The predicted octanol–water partition coefficient (Wildman–Crippen LogP) is 3.35. The molecule has 0 saturated heterocycles. The van der Waals surface area contributed by atoms with Crippen LogP contribution in [0.2, 0.25) is 0 Å². The Hall–Kier alpha value is -1.94. The van der Waals surface area contributed by atoms with Gasteiger partial charge in [0.2, 0.25) is 5.88 Å². The van der Waals surface area contributed by atoms with Crippen molar-refractivity contribution >= 4 is 0 Å². The second-order valence-corrected chi connectivity index (χ2v) is 4.44. The van der Waals surface area contributed by atoms with Gasteiger partial charge in [-0.15, -0.1) is 0 Å². The second kappa shape index (κ2) is 5.80. The molecular formula is C15H17FN2O. The summed E-state index contributed by atoms with van der Waals surface area (Å²) in [5, 5.41) is 3.09. The van der Waals surface area contributed by atoms with E-state index in [9.17, 15) is 4.39 Å². The van der Waals surface area contributed by atoms with Crippen LogP contribution in [-0.4, -0.2) is 12.0 Å². The summed E-state index contributed by atoms with van der Waals surface area (Å²) in [5.41, 5.74) is 2.80. The Labute approximate surface area is 112 Å². The zero-order valence-electron chi connectivity index (χ0n) is 11.3. The first-order valence-corrected chi connectivity index (χ1v) is 6.15. The first kappa shape index (κ1) is 13.5. The van der Waals surface area contributed by atoms with Gasteiger partial charge in [-0.05, 0) is 50.2 Å². The monoisotopic (exact) mass is 260 g/mol. The molecule has 0 radical (unpaired) electrons. The van der Waals surface area contributed by atoms with Crippen molar-refractivity contribution in [2.24, 2.45) is 0 Å². The van der Waals surface area contributed by atoms with Crippen LogP contribution in [0.1, 0.15) is 16.8 Å². The summed E-state index contributed by atoms with van der Waals surface area (Å²) >= 11 is 0. The smallest absolute Gasteiger partial charge is 0.219 e. The number of ether oxygens (including phenoxy) is 1. The average molecular weight is 260 g/mol. The quantitative estimate of drug-likeness (QED) is 0.915. The van der Waals surface area contributed by atoms with Crippen molar-refractivity contribution in [2.75, 3.05) is 7.05 Å². The minimum atomic E-state index is -0.265. The van der Waals surface area contributed by atoms with E-state index in [0.29, 0.717) is 11.6 Å². The molecule has 0 aliphatic carbocycles. The van der Waals surface area contributed by atoms with Gasteiger partial charge < -0.3 is 10.1 Å². The molecule has 0 fully saturated rings. The molecule has 0 aliphatic heterocycles. The molecule has 0 saturated carbocycles. The maximum Gasteiger partial charge on any atom is 0.219 e. The van der Waals surface area contributed by atoms with Crippen molar-refractivity contribution in [3.8, 4) is 11.6 Å². The third-order valence-electron chi connectivity index (χ3n) is 2.89. The van der Waals surface area contributed by atoms with E-state index in [-0.39, 0.29) is 5.82 Å². The highest BCUT2D eigenvalue weighted by molar-refractivity contribution is 5.36. The summed E-state index contributed by atoms with van der Waals surface area (Å²) in [6.07, 6.45) is 0. The molecule has 0 bridgehead atoms. The maximum absolute atomic E-state index is 13.0. The Morgan fingerprint density at radius 1 is 1.21 bits per heavy atom. The SMILES string of the molecule is CNCc1ccc(Oc2ccc(F)cc2C)nc1C. The van der Waals surface area contributed by atoms with Gasteiger partial charge in [0.1, 0.15) is 11.6 Å². The zero-order chi connectivity index (χ0) is 13.8. The number of aromatic nitrogens is 1. The van der Waals surface area contributed by atoms with E-state index >= 15 is 0 Å². The standard InChI is InChI=1S/C15H17FN2O/c1-10-8-13(16)5-6-14(10)19-15-7-4-12(9-17-3)11(2)18-15/h4-8,17H,9H2,1-3H3. The molecule has 100 valence electrons. The van der Waals surface area contributed by atoms with Crippen LogP contribution in [0.5, 0.6) is 11.6 Å². The number of pyridine rings is 1. The molecule has 2 rings (SSSR count). The topological polar surface area (TPSA) is 34.1 Å². The van der Waals surface area contributed by atoms with Crippen LogP contribution in [0, 0.1) is 19.7 Å². The lowest BCUT2D eigenvalue weighted by Gasteiger charge is -2.10. The lowest BCUT2D eigenvalue weighted by Crippen LogP contribution is -2.07. The van der Waals surface area contributed by atoms with Crippen LogP contribution < -0.4 is 10.1 Å². The molecule has 0 amide bonds. The van der Waals surface area contributed by atoms with E-state index in [0.717, 1.165) is 23.4 Å². The van der Waals surface area contributed by atoms with Crippen LogP contribution in [0.15, 0.2) is 30.3 Å². The van der Waals surface area contributed by atoms with Gasteiger partial charge in [0.05, 0.1) is 0 Å². The minimum absolute atomic E-state index is 0.265. The number of nitrogens with zero attached hydrogens (tertiary/aromatic N) is 1. The lowest BCUT2D eigenvalue weighted by molar-refractivity contribution is 0.455. The van der Waals surface area contributed by atoms with E-state index in [4.69, 9.17) is 4.74 Å². The highest BCUT2D eigenvalue weighted by Gasteiger charge is 2.06. The number of halogens is 1. The Morgan fingerprint density at radius 3 is 2.63 bits per heavy atom. The summed E-state index contributed by atoms with van der Waals surface area (Å²) in [4.78, 5) is 4.39. The molecule has 0 spiro atoms. The largest absolute Gasteiger partial charge is 0.439 e. The van der Waals surface area contributed by atoms with Crippen molar-refractivity contribution in [3.63, 3.8) is 0 Å². The third-order valence-corrected chi connectivity index (χ3v) is 2.89. The molecule has 0 atom stereocenters. The van der Waals surface area contributed by atoms with Gasteiger partial charge in [-0.2, -0.15) is 0 Å². The minimum Gasteiger partial charge on any atom is -0.439 e. The molecule has 2 aromatic rings. The van der Waals surface area contributed by atoms with Crippen molar-refractivity contribution in [1.82, 2.24) is 10.3 Å². The van der Waals surface area contributed by atoms with Crippen LogP contribution in [0.25, 0.3) is 0 Å². The molecule has 0 aliphatic rings. The fourth-order valence-corrected chi connectivity index (χ4v) is 1.84. The molecule has 1 aromatic carbocycles. The number of hydrogen-bond acceptors (Lipinski definition) is 3. The molecule has 19 heavy (non-hydrogen) atoms. The van der Waals surface area contributed by atoms with E-state index in [1.54, 1.807) is 13.0 Å². The third kappa shape index (κ3) is 3.29. The Balaban J connectivity index is 2.21. The molecule has 0 unspecified atom stereocenters. The van der Waals surface area contributed by atoms with Gasteiger partial charge in [0.15, 0.2) is 0 Å². The van der Waals surface area contributed by atoms with Gasteiger partial charge in [-0.1, -0.05) is 6.07 Å². The number of aryl methyl sites for hydroxylation is 2. The van der Waals surface area contributed by atoms with Gasteiger partial charge in [0, 0.05) is 18.3 Å². The lowest BCUT2D eigenvalue weighted by atomic mass is 10.2. The molecule has 3 nitrogen and oxygen atoms in total. The van der Waals surface area contributed by atoms with Gasteiger partial charge in [0.25, 0.3) is 0 Å². The van der Waals surface area contributed by atoms with Crippen molar-refractivity contribution in [2.45, 2.75) is 20.4 Å². The van der Waals surface area contributed by atoms with Crippen molar-refractivity contribution in [3.05, 3.63) is 53.0 Å². The molecule has 1 N–H and O–H groups in total. The first-order valence-electron chi connectivity index (χ1n) is 6.15. The molecule has 4 heteroatoms. The number of hydrogen-bond donors (Lipinski definition) is 1. The number of benzene rings is 1. The van der Waals surface area contributed by atoms with Crippen LogP contribution in [-0.2, 0) is 6.54 Å². The van der Waals surface area contributed by atoms with Crippen LogP contribution >= 0.6 is 0 Å². The predicted molar refractivity (Wildman–Crippen MR) is 72.9 cm³/mol. The number of rotatable bonds is 4. The van der Waals surface area contributed by atoms with Crippen molar-refractivity contribution < 1.29 is 9.13 Å². The summed E-state index contributed by atoms with van der Waals surface area (Å²) in [6.45, 7) is 4.52. The van der Waals surface area contributed by atoms with E-state index < -0.39 is 0 Å². The summed E-state index contributed by atoms with van der Waals surface area (Å²) in [6, 6.07) is 8.24. The Bertz CT molecular complexity index is 584. The fraction of sp³-hybridized carbons (Fsp3) is 0.267. The fourth-order valence-electron chi connectivity index (χ4n) is 1.84. The van der Waals surface area contributed by atoms with Gasteiger partial charge in [-0.25, -0.2) is 9.37 Å².